The van der Waals surface area contributed by atoms with Gasteiger partial charge >= 0.3 is 5.97 Å². The Hall–Kier alpha value is -1.79. The number of carbonyl (C=O) groups excluding carboxylic acids is 2. The Balaban J connectivity index is 1.89. The number of alkyl halides is 2. The van der Waals surface area contributed by atoms with Gasteiger partial charge in [0.15, 0.2) is 0 Å². The summed E-state index contributed by atoms with van der Waals surface area (Å²) in [5.74, 6) is -7.01. The van der Waals surface area contributed by atoms with Crippen LogP contribution in [0, 0.1) is 11.8 Å². The van der Waals surface area contributed by atoms with Gasteiger partial charge in [-0.25, -0.2) is 8.78 Å². The molecule has 1 saturated carbocycles. The zero-order chi connectivity index (χ0) is 20.3. The average molecular weight is 472 g/mol. The molecule has 148 valence electrons. The van der Waals surface area contributed by atoms with E-state index in [9.17, 15) is 18.4 Å². The van der Waals surface area contributed by atoms with Gasteiger partial charge in [0.05, 0.1) is 11.8 Å². The summed E-state index contributed by atoms with van der Waals surface area (Å²) in [7, 11) is 0. The predicted octanol–water partition coefficient (Wildman–Crippen LogP) is 5.70. The summed E-state index contributed by atoms with van der Waals surface area (Å²) >= 11 is 8.94. The third kappa shape index (κ3) is 4.97. The van der Waals surface area contributed by atoms with Crippen molar-refractivity contribution in [2.75, 3.05) is 0 Å². The summed E-state index contributed by atoms with van der Waals surface area (Å²) in [6.07, 6.45) is -1.30. The van der Waals surface area contributed by atoms with Crippen LogP contribution in [0.5, 0.6) is 0 Å². The van der Waals surface area contributed by atoms with Gasteiger partial charge in [-0.15, -0.1) is 0 Å². The molecule has 1 fully saturated rings. The fraction of sp³-hybridized carbons (Fsp3) is 0.333. The van der Waals surface area contributed by atoms with E-state index in [1.165, 1.54) is 0 Å². The molecule has 1 aliphatic rings. The molecule has 3 rings (SSSR count). The molecule has 0 radical (unpaired) electrons. The van der Waals surface area contributed by atoms with Gasteiger partial charge in [-0.05, 0) is 34.9 Å². The predicted molar refractivity (Wildman–Crippen MR) is 105 cm³/mol. The highest BCUT2D eigenvalue weighted by atomic mass is 79.9. The van der Waals surface area contributed by atoms with Gasteiger partial charge in [0.2, 0.25) is 11.2 Å². The monoisotopic (exact) mass is 470 g/mol. The summed E-state index contributed by atoms with van der Waals surface area (Å²) in [5.41, 5.74) is 1.32. The van der Waals surface area contributed by atoms with Crippen LogP contribution in [0.3, 0.4) is 0 Å². The van der Waals surface area contributed by atoms with Crippen LogP contribution in [0.4, 0.5) is 8.78 Å². The molecule has 0 aromatic heterocycles. The van der Waals surface area contributed by atoms with Crippen molar-refractivity contribution in [3.63, 3.8) is 0 Å². The van der Waals surface area contributed by atoms with Crippen LogP contribution < -0.4 is 0 Å². The van der Waals surface area contributed by atoms with E-state index >= 15 is 0 Å². The number of halogens is 4. The molecule has 3 atom stereocenters. The summed E-state index contributed by atoms with van der Waals surface area (Å²) < 4.78 is 34.9. The van der Waals surface area contributed by atoms with E-state index < -0.39 is 47.7 Å². The van der Waals surface area contributed by atoms with Gasteiger partial charge in [0, 0.05) is 23.2 Å². The molecule has 2 aromatic rings. The minimum atomic E-state index is -3.09. The Morgan fingerprint density at radius 3 is 2.32 bits per heavy atom. The molecule has 0 unspecified atom stereocenters. The first-order valence-corrected chi connectivity index (χ1v) is 9.97. The quantitative estimate of drug-likeness (QED) is 0.415. The van der Waals surface area contributed by atoms with Crippen molar-refractivity contribution >= 4 is 38.7 Å². The van der Waals surface area contributed by atoms with Crippen LogP contribution in [0.15, 0.2) is 59.1 Å². The lowest BCUT2D eigenvalue weighted by Crippen LogP contribution is -2.44. The van der Waals surface area contributed by atoms with E-state index in [2.05, 4.69) is 15.9 Å². The summed E-state index contributed by atoms with van der Waals surface area (Å²) in [6, 6.07) is 15.8. The van der Waals surface area contributed by atoms with E-state index in [4.69, 9.17) is 16.3 Å². The average Bonchev–Trinajstić information content (AvgIpc) is 2.66. The smallest absolute Gasteiger partial charge is 0.310 e. The van der Waals surface area contributed by atoms with Crippen molar-refractivity contribution in [2.45, 2.75) is 31.3 Å². The van der Waals surface area contributed by atoms with Crippen LogP contribution >= 0.6 is 27.5 Å². The summed E-state index contributed by atoms with van der Waals surface area (Å²) in [5, 5.41) is -0.942. The first kappa shape index (κ1) is 20.9. The second-order valence-electron chi connectivity index (χ2n) is 6.95. The van der Waals surface area contributed by atoms with Crippen molar-refractivity contribution in [3.8, 4) is 0 Å². The molecular formula is C21H18BrClF2O3. The fourth-order valence-electron chi connectivity index (χ4n) is 3.67. The Morgan fingerprint density at radius 2 is 1.71 bits per heavy atom. The maximum absolute atomic E-state index is 14.3. The maximum atomic E-state index is 14.3. The number of hydrogen-bond acceptors (Lipinski definition) is 3. The van der Waals surface area contributed by atoms with Crippen molar-refractivity contribution in [1.29, 1.82) is 0 Å². The molecule has 0 aliphatic heterocycles. The molecular weight excluding hydrogens is 454 g/mol. The topological polar surface area (TPSA) is 43.4 Å². The maximum Gasteiger partial charge on any atom is 0.310 e. The van der Waals surface area contributed by atoms with Gasteiger partial charge in [-0.1, -0.05) is 58.4 Å². The zero-order valence-corrected chi connectivity index (χ0v) is 17.1. The SMILES string of the molecule is O=C(OCc1ccccc1)[C@@H]1[C@@H](c2ccc(Br)cc2)CC(F)(F)C[C@H]1C(=O)Cl. The van der Waals surface area contributed by atoms with Gasteiger partial charge in [-0.3, -0.25) is 9.59 Å². The molecule has 28 heavy (non-hydrogen) atoms. The Labute approximate surface area is 175 Å². The van der Waals surface area contributed by atoms with Crippen molar-refractivity contribution in [1.82, 2.24) is 0 Å². The first-order chi connectivity index (χ1) is 13.3. The summed E-state index contributed by atoms with van der Waals surface area (Å²) in [6.45, 7) is 0.00280. The number of benzene rings is 2. The number of ether oxygens (including phenoxy) is 1. The molecule has 0 saturated heterocycles. The number of esters is 1. The largest absolute Gasteiger partial charge is 0.461 e. The Kier molecular flexibility index (Phi) is 6.50. The molecule has 2 aromatic carbocycles. The normalized spacial score (nSPS) is 23.8. The molecule has 3 nitrogen and oxygen atoms in total. The minimum Gasteiger partial charge on any atom is -0.461 e. The van der Waals surface area contributed by atoms with Crippen molar-refractivity contribution in [2.24, 2.45) is 11.8 Å². The first-order valence-electron chi connectivity index (χ1n) is 8.80. The number of hydrogen-bond donors (Lipinski definition) is 0. The van der Waals surface area contributed by atoms with Crippen molar-refractivity contribution < 1.29 is 23.1 Å². The van der Waals surface area contributed by atoms with E-state index in [0.29, 0.717) is 5.56 Å². The van der Waals surface area contributed by atoms with E-state index in [1.54, 1.807) is 48.5 Å². The van der Waals surface area contributed by atoms with Crippen LogP contribution in [0.1, 0.15) is 29.9 Å². The highest BCUT2D eigenvalue weighted by Crippen LogP contribution is 2.49. The zero-order valence-electron chi connectivity index (χ0n) is 14.8. The number of rotatable bonds is 5. The van der Waals surface area contributed by atoms with Crippen molar-refractivity contribution in [3.05, 3.63) is 70.2 Å². The molecule has 0 heterocycles. The van der Waals surface area contributed by atoms with Crippen LogP contribution in [0.25, 0.3) is 0 Å². The standard InChI is InChI=1S/C21H18BrClF2O3/c22-15-8-6-14(7-9-15)16-10-21(24,25)11-17(19(23)26)18(16)20(27)28-12-13-4-2-1-3-5-13/h1-9,16-18H,10-12H2/t16-,17-,18-/m1/s1. The summed E-state index contributed by atoms with van der Waals surface area (Å²) in [4.78, 5) is 24.8. The third-order valence-corrected chi connectivity index (χ3v) is 5.80. The van der Waals surface area contributed by atoms with Crippen LogP contribution in [-0.4, -0.2) is 17.1 Å². The van der Waals surface area contributed by atoms with Gasteiger partial charge in [0.1, 0.15) is 6.61 Å². The number of carbonyl (C=O) groups is 2. The van der Waals surface area contributed by atoms with Crippen LogP contribution in [-0.2, 0) is 20.9 Å². The molecule has 0 N–H and O–H groups in total. The third-order valence-electron chi connectivity index (χ3n) is 4.99. The lowest BCUT2D eigenvalue weighted by Gasteiger charge is -2.39. The lowest BCUT2D eigenvalue weighted by molar-refractivity contribution is -0.162. The highest BCUT2D eigenvalue weighted by Gasteiger charge is 2.53. The second-order valence-corrected chi connectivity index (χ2v) is 8.24. The van der Waals surface area contributed by atoms with Gasteiger partial charge < -0.3 is 4.74 Å². The van der Waals surface area contributed by atoms with E-state index in [0.717, 1.165) is 10.0 Å². The fourth-order valence-corrected chi connectivity index (χ4v) is 4.15. The molecule has 1 aliphatic carbocycles. The van der Waals surface area contributed by atoms with E-state index in [-0.39, 0.29) is 6.61 Å². The molecule has 0 spiro atoms. The Bertz CT molecular complexity index is 842. The van der Waals surface area contributed by atoms with E-state index in [1.807, 2.05) is 6.07 Å². The minimum absolute atomic E-state index is 0.00280. The van der Waals surface area contributed by atoms with Gasteiger partial charge in [-0.2, -0.15) is 0 Å². The highest BCUT2D eigenvalue weighted by molar-refractivity contribution is 9.10. The molecule has 7 heteroatoms. The Morgan fingerprint density at radius 1 is 1.07 bits per heavy atom. The lowest BCUT2D eigenvalue weighted by atomic mass is 9.68. The van der Waals surface area contributed by atoms with Gasteiger partial charge in [0.25, 0.3) is 0 Å². The molecule has 0 bridgehead atoms. The second kappa shape index (κ2) is 8.70. The van der Waals surface area contributed by atoms with Crippen LogP contribution in [0.2, 0.25) is 0 Å². The molecule has 0 amide bonds.